The van der Waals surface area contributed by atoms with Crippen LogP contribution in [-0.2, 0) is 9.59 Å². The number of carboxylic acid groups (broad SMARTS) is 1. The predicted octanol–water partition coefficient (Wildman–Crippen LogP) is 1.34. The second-order valence-corrected chi connectivity index (χ2v) is 6.29. The molecule has 2 aliphatic rings. The molecule has 2 fully saturated rings. The average molecular weight is 282 g/mol. The maximum atomic E-state index is 12.5. The van der Waals surface area contributed by atoms with Crippen molar-refractivity contribution in [1.82, 2.24) is 10.2 Å². The predicted molar refractivity (Wildman–Crippen MR) is 76.3 cm³/mol. The van der Waals surface area contributed by atoms with E-state index in [1.165, 1.54) is 0 Å². The maximum absolute atomic E-state index is 12.5. The number of amides is 1. The summed E-state index contributed by atoms with van der Waals surface area (Å²) >= 11 is 0. The third kappa shape index (κ3) is 3.95. The number of hydrogen-bond donors (Lipinski definition) is 2. The third-order valence-electron chi connectivity index (χ3n) is 4.76. The molecule has 2 rings (SSSR count). The molecule has 0 aliphatic carbocycles. The van der Waals surface area contributed by atoms with Gasteiger partial charge in [-0.3, -0.25) is 9.59 Å². The van der Waals surface area contributed by atoms with Crippen LogP contribution in [0.3, 0.4) is 0 Å². The summed E-state index contributed by atoms with van der Waals surface area (Å²) in [7, 11) is 0. The van der Waals surface area contributed by atoms with Crippen molar-refractivity contribution in [1.29, 1.82) is 0 Å². The fraction of sp³-hybridized carbons (Fsp3) is 0.867. The summed E-state index contributed by atoms with van der Waals surface area (Å²) in [5, 5.41) is 12.2. The molecular weight excluding hydrogens is 256 g/mol. The quantitative estimate of drug-likeness (QED) is 0.816. The Morgan fingerprint density at radius 3 is 2.65 bits per heavy atom. The molecule has 0 aromatic heterocycles. The summed E-state index contributed by atoms with van der Waals surface area (Å²) in [5.41, 5.74) is 0. The smallest absolute Gasteiger partial charge is 0.303 e. The van der Waals surface area contributed by atoms with Gasteiger partial charge in [0.1, 0.15) is 0 Å². The highest BCUT2D eigenvalue weighted by atomic mass is 16.4. The van der Waals surface area contributed by atoms with E-state index in [0.29, 0.717) is 11.8 Å². The molecule has 0 radical (unpaired) electrons. The zero-order valence-corrected chi connectivity index (χ0v) is 12.3. The molecule has 0 saturated carbocycles. The summed E-state index contributed by atoms with van der Waals surface area (Å²) in [6.07, 6.45) is 4.13. The summed E-state index contributed by atoms with van der Waals surface area (Å²) < 4.78 is 0. The largest absolute Gasteiger partial charge is 0.481 e. The van der Waals surface area contributed by atoms with Crippen molar-refractivity contribution in [3.63, 3.8) is 0 Å². The summed E-state index contributed by atoms with van der Waals surface area (Å²) in [5.74, 6) is 0.212. The van der Waals surface area contributed by atoms with Gasteiger partial charge in [0.15, 0.2) is 0 Å². The van der Waals surface area contributed by atoms with Crippen molar-refractivity contribution in [2.75, 3.05) is 26.2 Å². The van der Waals surface area contributed by atoms with E-state index in [1.54, 1.807) is 0 Å². The normalized spacial score (nSPS) is 26.2. The molecule has 5 heteroatoms. The third-order valence-corrected chi connectivity index (χ3v) is 4.76. The van der Waals surface area contributed by atoms with Crippen LogP contribution in [0.15, 0.2) is 0 Å². The number of piperidine rings is 2. The van der Waals surface area contributed by atoms with Gasteiger partial charge in [-0.05, 0) is 50.6 Å². The molecular formula is C15H26N2O3. The first-order valence-corrected chi connectivity index (χ1v) is 7.79. The van der Waals surface area contributed by atoms with Gasteiger partial charge in [0.25, 0.3) is 0 Å². The Kier molecular flexibility index (Phi) is 5.40. The lowest BCUT2D eigenvalue weighted by atomic mass is 9.84. The second-order valence-electron chi connectivity index (χ2n) is 6.29. The number of carbonyl (C=O) groups is 2. The highest BCUT2D eigenvalue weighted by molar-refractivity contribution is 5.79. The Bertz CT molecular complexity index is 353. The SMILES string of the molecule is CC(CC(=O)O)C1CCCN(C(=O)C2CCNCC2)C1. The minimum Gasteiger partial charge on any atom is -0.481 e. The molecule has 114 valence electrons. The van der Waals surface area contributed by atoms with Crippen LogP contribution in [0.1, 0.15) is 39.0 Å². The van der Waals surface area contributed by atoms with Crippen LogP contribution in [0.5, 0.6) is 0 Å². The van der Waals surface area contributed by atoms with Crippen LogP contribution in [0, 0.1) is 17.8 Å². The maximum Gasteiger partial charge on any atom is 0.303 e. The summed E-state index contributed by atoms with van der Waals surface area (Å²) in [4.78, 5) is 25.3. The molecule has 0 aromatic rings. The van der Waals surface area contributed by atoms with Crippen LogP contribution in [0.4, 0.5) is 0 Å². The summed E-state index contributed by atoms with van der Waals surface area (Å²) in [6.45, 7) is 5.46. The Labute approximate surface area is 120 Å². The fourth-order valence-electron chi connectivity index (χ4n) is 3.44. The van der Waals surface area contributed by atoms with Gasteiger partial charge in [-0.1, -0.05) is 6.92 Å². The standard InChI is InChI=1S/C15H26N2O3/c1-11(9-14(18)19)13-3-2-8-17(10-13)15(20)12-4-6-16-7-5-12/h11-13,16H,2-10H2,1H3,(H,18,19). The van der Waals surface area contributed by atoms with Crippen LogP contribution < -0.4 is 5.32 Å². The number of hydrogen-bond acceptors (Lipinski definition) is 3. The van der Waals surface area contributed by atoms with Crippen molar-refractivity contribution < 1.29 is 14.7 Å². The Morgan fingerprint density at radius 2 is 2.00 bits per heavy atom. The number of carbonyl (C=O) groups excluding carboxylic acids is 1. The van der Waals surface area contributed by atoms with E-state index >= 15 is 0 Å². The van der Waals surface area contributed by atoms with Gasteiger partial charge >= 0.3 is 5.97 Å². The number of nitrogens with zero attached hydrogens (tertiary/aromatic N) is 1. The lowest BCUT2D eigenvalue weighted by molar-refractivity contribution is -0.139. The van der Waals surface area contributed by atoms with Gasteiger partial charge in [-0.2, -0.15) is 0 Å². The van der Waals surface area contributed by atoms with Crippen LogP contribution in [0.2, 0.25) is 0 Å². The van der Waals surface area contributed by atoms with Gasteiger partial charge in [-0.25, -0.2) is 0 Å². The first-order valence-electron chi connectivity index (χ1n) is 7.79. The van der Waals surface area contributed by atoms with E-state index < -0.39 is 5.97 Å². The number of nitrogens with one attached hydrogen (secondary N) is 1. The molecule has 2 aliphatic heterocycles. The van der Waals surface area contributed by atoms with Crippen LogP contribution in [-0.4, -0.2) is 48.1 Å². The van der Waals surface area contributed by atoms with Crippen LogP contribution >= 0.6 is 0 Å². The van der Waals surface area contributed by atoms with Crippen molar-refractivity contribution >= 4 is 11.9 Å². The average Bonchev–Trinajstić information content (AvgIpc) is 2.47. The molecule has 1 amide bonds. The first kappa shape index (κ1) is 15.3. The highest BCUT2D eigenvalue weighted by Crippen LogP contribution is 2.28. The van der Waals surface area contributed by atoms with Crippen molar-refractivity contribution in [3.05, 3.63) is 0 Å². The molecule has 2 saturated heterocycles. The Balaban J connectivity index is 1.88. The van der Waals surface area contributed by atoms with Gasteiger partial charge in [0, 0.05) is 25.4 Å². The van der Waals surface area contributed by atoms with E-state index in [0.717, 1.165) is 51.9 Å². The van der Waals surface area contributed by atoms with E-state index in [1.807, 2.05) is 11.8 Å². The lowest BCUT2D eigenvalue weighted by Gasteiger charge is -2.38. The zero-order chi connectivity index (χ0) is 14.5. The molecule has 5 nitrogen and oxygen atoms in total. The molecule has 2 unspecified atom stereocenters. The zero-order valence-electron chi connectivity index (χ0n) is 12.3. The van der Waals surface area contributed by atoms with Crippen molar-refractivity contribution in [3.8, 4) is 0 Å². The van der Waals surface area contributed by atoms with E-state index in [4.69, 9.17) is 5.11 Å². The fourth-order valence-corrected chi connectivity index (χ4v) is 3.44. The monoisotopic (exact) mass is 282 g/mol. The second kappa shape index (κ2) is 7.07. The van der Waals surface area contributed by atoms with E-state index in [2.05, 4.69) is 5.32 Å². The molecule has 0 spiro atoms. The lowest BCUT2D eigenvalue weighted by Crippen LogP contribution is -2.46. The molecule has 0 bridgehead atoms. The molecule has 2 N–H and O–H groups in total. The highest BCUT2D eigenvalue weighted by Gasteiger charge is 2.31. The number of likely N-dealkylation sites (tertiary alicyclic amines) is 1. The Morgan fingerprint density at radius 1 is 1.30 bits per heavy atom. The van der Waals surface area contributed by atoms with Gasteiger partial charge in [0.05, 0.1) is 0 Å². The van der Waals surface area contributed by atoms with Crippen LogP contribution in [0.25, 0.3) is 0 Å². The van der Waals surface area contributed by atoms with E-state index in [9.17, 15) is 9.59 Å². The minimum absolute atomic E-state index is 0.149. The first-order chi connectivity index (χ1) is 9.58. The topological polar surface area (TPSA) is 69.6 Å². The summed E-state index contributed by atoms with van der Waals surface area (Å²) in [6, 6.07) is 0. The molecule has 0 aromatic carbocycles. The van der Waals surface area contributed by atoms with Gasteiger partial charge < -0.3 is 15.3 Å². The Hall–Kier alpha value is -1.10. The van der Waals surface area contributed by atoms with Crippen molar-refractivity contribution in [2.45, 2.75) is 39.0 Å². The minimum atomic E-state index is -0.737. The van der Waals surface area contributed by atoms with Gasteiger partial charge in [0.2, 0.25) is 5.91 Å². The molecule has 20 heavy (non-hydrogen) atoms. The number of aliphatic carboxylic acids is 1. The van der Waals surface area contributed by atoms with Crippen molar-refractivity contribution in [2.24, 2.45) is 17.8 Å². The molecule has 2 heterocycles. The number of rotatable bonds is 4. The van der Waals surface area contributed by atoms with Gasteiger partial charge in [-0.15, -0.1) is 0 Å². The molecule has 2 atom stereocenters. The van der Waals surface area contributed by atoms with E-state index in [-0.39, 0.29) is 18.3 Å². The number of carboxylic acids is 1.